The lowest BCUT2D eigenvalue weighted by Crippen LogP contribution is -2.38. The van der Waals surface area contributed by atoms with Crippen molar-refractivity contribution in [2.75, 3.05) is 13.7 Å². The molecule has 0 saturated carbocycles. The van der Waals surface area contributed by atoms with Crippen molar-refractivity contribution in [3.63, 3.8) is 0 Å². The third-order valence-electron chi connectivity index (χ3n) is 5.50. The molecule has 0 saturated heterocycles. The lowest BCUT2D eigenvalue weighted by molar-refractivity contribution is 0.0909. The molecule has 0 aliphatic carbocycles. The number of carbonyl (C=O) groups is 2. The first-order chi connectivity index (χ1) is 16.6. The zero-order valence-corrected chi connectivity index (χ0v) is 18.9. The van der Waals surface area contributed by atoms with Crippen LogP contribution in [0.4, 0.5) is 0 Å². The number of pyridine rings is 1. The van der Waals surface area contributed by atoms with Gasteiger partial charge in [-0.25, -0.2) is 4.98 Å². The highest BCUT2D eigenvalue weighted by molar-refractivity contribution is 7.13. The molecular weight excluding hydrogens is 452 g/mol. The van der Waals surface area contributed by atoms with Crippen LogP contribution in [0.25, 0.3) is 21.1 Å². The van der Waals surface area contributed by atoms with Crippen molar-refractivity contribution in [3.8, 4) is 5.75 Å². The Bertz CT molecular complexity index is 1490. The van der Waals surface area contributed by atoms with E-state index in [-0.39, 0.29) is 18.4 Å². The number of benzene rings is 2. The minimum atomic E-state index is -0.546. The van der Waals surface area contributed by atoms with E-state index >= 15 is 0 Å². The predicted octanol–water partition coefficient (Wildman–Crippen LogP) is 3.48. The number of hydrogen-bond donors (Lipinski definition) is 3. The third-order valence-corrected chi connectivity index (χ3v) is 6.26. The molecule has 2 amide bonds. The number of methoxy groups -OCH3 is 1. The number of nitrogens with one attached hydrogen (secondary N) is 3. The standard InChI is InChI=1S/C24H20N6O3S/c1-33-20-5-3-2-4-17(20)19(29-24(32)16-8-9-25-22-18(16)12-27-30-22)13-26-23(31)14-6-7-15-11-28-34-21(15)10-14/h2-12,19H,13H2,1H3,(H,26,31)(H,29,32)(H,25,27,30). The molecule has 0 bridgehead atoms. The fraction of sp³-hybridized carbons (Fsp3) is 0.125. The van der Waals surface area contributed by atoms with Crippen molar-refractivity contribution in [3.05, 3.63) is 83.8 Å². The quantitative estimate of drug-likeness (QED) is 0.333. The Morgan fingerprint density at radius 1 is 1.12 bits per heavy atom. The van der Waals surface area contributed by atoms with Crippen LogP contribution < -0.4 is 15.4 Å². The largest absolute Gasteiger partial charge is 0.496 e. The summed E-state index contributed by atoms with van der Waals surface area (Å²) in [5, 5.41) is 14.3. The summed E-state index contributed by atoms with van der Waals surface area (Å²) in [6.45, 7) is 0.158. The molecule has 5 aromatic rings. The molecule has 3 N–H and O–H groups in total. The van der Waals surface area contributed by atoms with Gasteiger partial charge in [0.1, 0.15) is 5.75 Å². The zero-order valence-electron chi connectivity index (χ0n) is 18.1. The Morgan fingerprint density at radius 2 is 2.00 bits per heavy atom. The van der Waals surface area contributed by atoms with Crippen LogP contribution in [0, 0.1) is 0 Å². The van der Waals surface area contributed by atoms with E-state index in [0.29, 0.717) is 27.9 Å². The first-order valence-corrected chi connectivity index (χ1v) is 11.3. The average Bonchev–Trinajstić information content (AvgIpc) is 3.55. The van der Waals surface area contributed by atoms with Gasteiger partial charge < -0.3 is 15.4 Å². The van der Waals surface area contributed by atoms with Crippen molar-refractivity contribution in [1.82, 2.24) is 30.2 Å². The minimum Gasteiger partial charge on any atom is -0.496 e. The molecule has 1 atom stereocenters. The first kappa shape index (κ1) is 21.5. The number of ether oxygens (including phenoxy) is 1. The summed E-state index contributed by atoms with van der Waals surface area (Å²) in [5.41, 5.74) is 2.22. The number of hydrogen-bond acceptors (Lipinski definition) is 7. The fourth-order valence-electron chi connectivity index (χ4n) is 3.78. The predicted molar refractivity (Wildman–Crippen MR) is 129 cm³/mol. The molecular formula is C24H20N6O3S. The molecule has 10 heteroatoms. The van der Waals surface area contributed by atoms with Crippen LogP contribution in [0.5, 0.6) is 5.75 Å². The van der Waals surface area contributed by atoms with Crippen LogP contribution in [0.1, 0.15) is 32.3 Å². The first-order valence-electron chi connectivity index (χ1n) is 10.5. The van der Waals surface area contributed by atoms with Crippen LogP contribution in [0.2, 0.25) is 0 Å². The van der Waals surface area contributed by atoms with Crippen LogP contribution in [0.15, 0.2) is 67.1 Å². The topological polar surface area (TPSA) is 122 Å². The Kier molecular flexibility index (Phi) is 5.88. The molecule has 34 heavy (non-hydrogen) atoms. The summed E-state index contributed by atoms with van der Waals surface area (Å²) in [4.78, 5) is 30.3. The number of rotatable bonds is 7. The second-order valence-electron chi connectivity index (χ2n) is 7.55. The third kappa shape index (κ3) is 4.18. The van der Waals surface area contributed by atoms with Crippen LogP contribution in [0.3, 0.4) is 0 Å². The molecule has 3 aromatic heterocycles. The molecule has 0 radical (unpaired) electrons. The number of amides is 2. The van der Waals surface area contributed by atoms with E-state index in [4.69, 9.17) is 4.74 Å². The second-order valence-corrected chi connectivity index (χ2v) is 8.38. The zero-order chi connectivity index (χ0) is 23.5. The number of H-pyrrole nitrogens is 1. The van der Waals surface area contributed by atoms with Gasteiger partial charge >= 0.3 is 0 Å². The normalized spacial score (nSPS) is 11.9. The maximum Gasteiger partial charge on any atom is 0.252 e. The highest BCUT2D eigenvalue weighted by atomic mass is 32.1. The van der Waals surface area contributed by atoms with Crippen molar-refractivity contribution in [2.45, 2.75) is 6.04 Å². The number of aromatic amines is 1. The van der Waals surface area contributed by atoms with Gasteiger partial charge in [0.15, 0.2) is 5.65 Å². The summed E-state index contributed by atoms with van der Waals surface area (Å²) in [5.74, 6) is 0.0481. The lowest BCUT2D eigenvalue weighted by Gasteiger charge is -2.22. The van der Waals surface area contributed by atoms with Gasteiger partial charge in [-0.05, 0) is 35.8 Å². The van der Waals surface area contributed by atoms with Crippen molar-refractivity contribution < 1.29 is 14.3 Å². The van der Waals surface area contributed by atoms with Gasteiger partial charge in [-0.1, -0.05) is 24.3 Å². The molecule has 1 unspecified atom stereocenters. The van der Waals surface area contributed by atoms with E-state index in [1.165, 1.54) is 11.5 Å². The van der Waals surface area contributed by atoms with E-state index < -0.39 is 6.04 Å². The number of para-hydroxylation sites is 1. The Hall–Kier alpha value is -4.31. The van der Waals surface area contributed by atoms with Gasteiger partial charge in [0.25, 0.3) is 11.8 Å². The van der Waals surface area contributed by atoms with Gasteiger partial charge in [0.2, 0.25) is 0 Å². The highest BCUT2D eigenvalue weighted by Gasteiger charge is 2.22. The van der Waals surface area contributed by atoms with E-state index in [1.807, 2.05) is 36.4 Å². The maximum atomic E-state index is 13.2. The number of nitrogens with zero attached hydrogens (tertiary/aromatic N) is 3. The highest BCUT2D eigenvalue weighted by Crippen LogP contribution is 2.26. The van der Waals surface area contributed by atoms with Crippen LogP contribution in [-0.2, 0) is 0 Å². The Labute approximate surface area is 198 Å². The van der Waals surface area contributed by atoms with Crippen molar-refractivity contribution in [1.29, 1.82) is 0 Å². The molecule has 0 aliphatic heterocycles. The number of carbonyl (C=O) groups excluding carboxylic acids is 2. The monoisotopic (exact) mass is 472 g/mol. The van der Waals surface area contributed by atoms with E-state index in [0.717, 1.165) is 15.6 Å². The Morgan fingerprint density at radius 3 is 2.88 bits per heavy atom. The summed E-state index contributed by atoms with van der Waals surface area (Å²) in [6.07, 6.45) is 4.88. The lowest BCUT2D eigenvalue weighted by atomic mass is 10.0. The average molecular weight is 473 g/mol. The molecule has 5 rings (SSSR count). The molecule has 170 valence electrons. The molecule has 0 spiro atoms. The number of aromatic nitrogens is 4. The minimum absolute atomic E-state index is 0.158. The van der Waals surface area contributed by atoms with Gasteiger partial charge in [0, 0.05) is 35.5 Å². The van der Waals surface area contributed by atoms with Gasteiger partial charge in [-0.2, -0.15) is 9.47 Å². The second kappa shape index (κ2) is 9.28. The van der Waals surface area contributed by atoms with Gasteiger partial charge in [-0.15, -0.1) is 0 Å². The van der Waals surface area contributed by atoms with Crippen LogP contribution in [-0.4, -0.2) is 45.0 Å². The fourth-order valence-corrected chi connectivity index (χ4v) is 4.46. The Balaban J connectivity index is 1.40. The summed E-state index contributed by atoms with van der Waals surface area (Å²) < 4.78 is 10.6. The van der Waals surface area contributed by atoms with E-state index in [2.05, 4.69) is 30.2 Å². The summed E-state index contributed by atoms with van der Waals surface area (Å²) >= 11 is 1.34. The summed E-state index contributed by atoms with van der Waals surface area (Å²) in [6, 6.07) is 13.9. The van der Waals surface area contributed by atoms with E-state index in [1.54, 1.807) is 37.8 Å². The molecule has 2 aromatic carbocycles. The van der Waals surface area contributed by atoms with Crippen LogP contribution >= 0.6 is 11.5 Å². The van der Waals surface area contributed by atoms with E-state index in [9.17, 15) is 9.59 Å². The number of fused-ring (bicyclic) bond motifs is 2. The van der Waals surface area contributed by atoms with Gasteiger partial charge in [0.05, 0.1) is 35.0 Å². The van der Waals surface area contributed by atoms with Gasteiger partial charge in [-0.3, -0.25) is 14.7 Å². The molecule has 0 aliphatic rings. The summed E-state index contributed by atoms with van der Waals surface area (Å²) in [7, 11) is 1.57. The molecule has 9 nitrogen and oxygen atoms in total. The maximum absolute atomic E-state index is 13.2. The molecule has 3 heterocycles. The van der Waals surface area contributed by atoms with Crippen molar-refractivity contribution in [2.24, 2.45) is 0 Å². The molecule has 0 fully saturated rings. The SMILES string of the molecule is COc1ccccc1C(CNC(=O)c1ccc2cnsc2c1)NC(=O)c1ccnc2[nH]ncc12. The smallest absolute Gasteiger partial charge is 0.252 e. The van der Waals surface area contributed by atoms with Crippen molar-refractivity contribution >= 4 is 44.5 Å².